The number of rotatable bonds is 3. The Morgan fingerprint density at radius 1 is 1.19 bits per heavy atom. The van der Waals surface area contributed by atoms with Crippen LogP contribution in [0.1, 0.15) is 51.9 Å². The van der Waals surface area contributed by atoms with Gasteiger partial charge in [0.05, 0.1) is 0 Å². The van der Waals surface area contributed by atoms with Gasteiger partial charge in [-0.1, -0.05) is 6.92 Å². The summed E-state index contributed by atoms with van der Waals surface area (Å²) in [6, 6.07) is 0. The molecule has 1 unspecified atom stereocenters. The van der Waals surface area contributed by atoms with E-state index in [-0.39, 0.29) is 11.8 Å². The molecule has 0 saturated heterocycles. The fourth-order valence-electron chi connectivity index (χ4n) is 5.54. The maximum absolute atomic E-state index is 11.7. The molecule has 4 aliphatic carbocycles. The van der Waals surface area contributed by atoms with Crippen molar-refractivity contribution in [2.75, 3.05) is 0 Å². The molecular formula is C14H23NO. The van der Waals surface area contributed by atoms with Crippen LogP contribution in [0.25, 0.3) is 0 Å². The molecule has 1 atom stereocenters. The summed E-state index contributed by atoms with van der Waals surface area (Å²) in [6.07, 6.45) is 9.14. The van der Waals surface area contributed by atoms with Crippen LogP contribution in [0.4, 0.5) is 0 Å². The second-order valence-electron chi connectivity index (χ2n) is 6.64. The first-order valence-electron chi connectivity index (χ1n) is 6.92. The largest absolute Gasteiger partial charge is 0.369 e. The predicted octanol–water partition coefficient (Wildman–Crippen LogP) is 2.71. The van der Waals surface area contributed by atoms with Gasteiger partial charge < -0.3 is 5.73 Å². The van der Waals surface area contributed by atoms with E-state index in [1.807, 2.05) is 0 Å². The Labute approximate surface area is 98.0 Å². The number of primary amides is 1. The van der Waals surface area contributed by atoms with Crippen LogP contribution < -0.4 is 5.73 Å². The first kappa shape index (κ1) is 10.6. The number of carbonyl (C=O) groups excluding carboxylic acids is 1. The fraction of sp³-hybridized carbons (Fsp3) is 0.929. The number of carbonyl (C=O) groups is 1. The summed E-state index contributed by atoms with van der Waals surface area (Å²) in [5.41, 5.74) is 5.94. The van der Waals surface area contributed by atoms with Gasteiger partial charge in [-0.3, -0.25) is 4.79 Å². The maximum Gasteiger partial charge on any atom is 0.221 e. The minimum absolute atomic E-state index is 0.0375. The normalized spacial score (nSPS) is 46.9. The molecule has 2 N–H and O–H groups in total. The molecule has 1 amide bonds. The second-order valence-corrected chi connectivity index (χ2v) is 6.64. The van der Waals surface area contributed by atoms with E-state index in [2.05, 4.69) is 6.92 Å². The highest BCUT2D eigenvalue weighted by atomic mass is 16.1. The van der Waals surface area contributed by atoms with Gasteiger partial charge in [0.15, 0.2) is 0 Å². The Morgan fingerprint density at radius 2 is 1.62 bits per heavy atom. The van der Waals surface area contributed by atoms with E-state index >= 15 is 0 Å². The van der Waals surface area contributed by atoms with Gasteiger partial charge >= 0.3 is 0 Å². The lowest BCUT2D eigenvalue weighted by Gasteiger charge is -2.59. The van der Waals surface area contributed by atoms with Crippen LogP contribution in [0.5, 0.6) is 0 Å². The second kappa shape index (κ2) is 3.48. The van der Waals surface area contributed by atoms with Crippen molar-refractivity contribution < 1.29 is 4.79 Å². The van der Waals surface area contributed by atoms with Crippen molar-refractivity contribution >= 4 is 5.91 Å². The summed E-state index contributed by atoms with van der Waals surface area (Å²) >= 11 is 0. The minimum Gasteiger partial charge on any atom is -0.369 e. The molecule has 4 aliphatic rings. The van der Waals surface area contributed by atoms with Crippen molar-refractivity contribution in [3.05, 3.63) is 0 Å². The van der Waals surface area contributed by atoms with E-state index in [1.165, 1.54) is 38.5 Å². The van der Waals surface area contributed by atoms with Gasteiger partial charge in [0.2, 0.25) is 5.91 Å². The third-order valence-electron chi connectivity index (χ3n) is 5.58. The van der Waals surface area contributed by atoms with Crippen molar-refractivity contribution in [1.82, 2.24) is 0 Å². The highest BCUT2D eigenvalue weighted by Crippen LogP contribution is 2.63. The number of amides is 1. The molecular weight excluding hydrogens is 198 g/mol. The number of hydrogen-bond donors (Lipinski definition) is 1. The van der Waals surface area contributed by atoms with Crippen LogP contribution in [0.2, 0.25) is 0 Å². The van der Waals surface area contributed by atoms with E-state index in [4.69, 9.17) is 5.73 Å². The third-order valence-corrected chi connectivity index (χ3v) is 5.58. The summed E-state index contributed by atoms with van der Waals surface area (Å²) in [6.45, 7) is 2.13. The molecule has 2 heteroatoms. The van der Waals surface area contributed by atoms with Crippen LogP contribution >= 0.6 is 0 Å². The van der Waals surface area contributed by atoms with E-state index in [9.17, 15) is 4.79 Å². The Bertz CT molecular complexity index is 275. The molecule has 0 aromatic carbocycles. The summed E-state index contributed by atoms with van der Waals surface area (Å²) in [5, 5.41) is 0. The zero-order valence-corrected chi connectivity index (χ0v) is 10.2. The van der Waals surface area contributed by atoms with Crippen molar-refractivity contribution in [3.8, 4) is 0 Å². The van der Waals surface area contributed by atoms with Crippen LogP contribution in [0.15, 0.2) is 0 Å². The lowest BCUT2D eigenvalue weighted by molar-refractivity contribution is -0.138. The molecule has 90 valence electrons. The Balaban J connectivity index is 1.90. The van der Waals surface area contributed by atoms with Gasteiger partial charge in [-0.2, -0.15) is 0 Å². The molecule has 2 nitrogen and oxygen atoms in total. The first-order chi connectivity index (χ1) is 7.63. The van der Waals surface area contributed by atoms with Crippen molar-refractivity contribution in [1.29, 1.82) is 0 Å². The van der Waals surface area contributed by atoms with E-state index in [1.54, 1.807) is 0 Å². The van der Waals surface area contributed by atoms with Crippen LogP contribution in [0, 0.1) is 29.1 Å². The SMILES string of the molecule is CCC(C(N)=O)C12CC3CC(CC(C3)C1)C2. The van der Waals surface area contributed by atoms with Gasteiger partial charge in [-0.25, -0.2) is 0 Å². The third kappa shape index (κ3) is 1.42. The average molecular weight is 221 g/mol. The number of hydrogen-bond acceptors (Lipinski definition) is 1. The maximum atomic E-state index is 11.7. The monoisotopic (exact) mass is 221 g/mol. The van der Waals surface area contributed by atoms with Gasteiger partial charge in [0.25, 0.3) is 0 Å². The molecule has 0 aromatic rings. The molecule has 4 fully saturated rings. The van der Waals surface area contributed by atoms with Gasteiger partial charge in [-0.15, -0.1) is 0 Å². The quantitative estimate of drug-likeness (QED) is 0.782. The van der Waals surface area contributed by atoms with Gasteiger partial charge in [-0.05, 0) is 68.1 Å². The van der Waals surface area contributed by atoms with Crippen molar-refractivity contribution in [2.24, 2.45) is 34.8 Å². The summed E-state index contributed by atoms with van der Waals surface area (Å²) in [5.74, 6) is 2.87. The van der Waals surface area contributed by atoms with Crippen LogP contribution in [0.3, 0.4) is 0 Å². The van der Waals surface area contributed by atoms with E-state index in [0.717, 1.165) is 24.2 Å². The Morgan fingerprint density at radius 3 is 1.94 bits per heavy atom. The van der Waals surface area contributed by atoms with Gasteiger partial charge in [0.1, 0.15) is 0 Å². The van der Waals surface area contributed by atoms with Gasteiger partial charge in [0, 0.05) is 5.92 Å². The molecule has 0 aromatic heterocycles. The van der Waals surface area contributed by atoms with E-state index < -0.39 is 0 Å². The average Bonchev–Trinajstić information content (AvgIpc) is 2.14. The van der Waals surface area contributed by atoms with Crippen molar-refractivity contribution in [2.45, 2.75) is 51.9 Å². The molecule has 4 rings (SSSR count). The predicted molar refractivity (Wildman–Crippen MR) is 63.6 cm³/mol. The summed E-state index contributed by atoms with van der Waals surface area (Å²) in [4.78, 5) is 11.7. The zero-order chi connectivity index (χ0) is 11.3. The topological polar surface area (TPSA) is 43.1 Å². The lowest BCUT2D eigenvalue weighted by atomic mass is 9.46. The van der Waals surface area contributed by atoms with Crippen LogP contribution in [-0.4, -0.2) is 5.91 Å². The summed E-state index contributed by atoms with van der Waals surface area (Å²) in [7, 11) is 0. The van der Waals surface area contributed by atoms with Crippen molar-refractivity contribution in [3.63, 3.8) is 0 Å². The molecule has 0 spiro atoms. The van der Waals surface area contributed by atoms with E-state index in [0.29, 0.717) is 5.41 Å². The molecule has 4 saturated carbocycles. The number of nitrogens with two attached hydrogens (primary N) is 1. The zero-order valence-electron chi connectivity index (χ0n) is 10.2. The molecule has 0 radical (unpaired) electrons. The Hall–Kier alpha value is -0.530. The fourth-order valence-corrected chi connectivity index (χ4v) is 5.54. The smallest absolute Gasteiger partial charge is 0.221 e. The highest BCUT2D eigenvalue weighted by molar-refractivity contribution is 5.77. The first-order valence-corrected chi connectivity index (χ1v) is 6.92. The minimum atomic E-state index is -0.0375. The highest BCUT2D eigenvalue weighted by Gasteiger charge is 2.54. The Kier molecular flexibility index (Phi) is 2.31. The standard InChI is InChI=1S/C14H23NO/c1-2-12(13(15)16)14-6-9-3-10(7-14)5-11(4-9)8-14/h9-12H,2-8H2,1H3,(H2,15,16). The molecule has 0 heterocycles. The molecule has 0 aliphatic heterocycles. The molecule has 16 heavy (non-hydrogen) atoms. The molecule has 4 bridgehead atoms. The lowest BCUT2D eigenvalue weighted by Crippen LogP contribution is -2.52. The summed E-state index contributed by atoms with van der Waals surface area (Å²) < 4.78 is 0. The van der Waals surface area contributed by atoms with Crippen LogP contribution in [-0.2, 0) is 4.79 Å².